The highest BCUT2D eigenvalue weighted by Gasteiger charge is 2.00. The SMILES string of the molecule is C=CCOC(C)CCCCCCCCCC. The molecule has 0 radical (unpaired) electrons. The number of ether oxygens (including phenoxy) is 1. The summed E-state index contributed by atoms with van der Waals surface area (Å²) in [6.45, 7) is 8.77. The van der Waals surface area contributed by atoms with Crippen molar-refractivity contribution in [3.63, 3.8) is 0 Å². The minimum absolute atomic E-state index is 0.401. The molecule has 96 valence electrons. The topological polar surface area (TPSA) is 9.23 Å². The standard InChI is InChI=1S/C15H30O/c1-4-6-7-8-9-10-11-12-13-15(3)16-14-5-2/h5,15H,2,4,6-14H2,1,3H3. The highest BCUT2D eigenvalue weighted by molar-refractivity contribution is 4.65. The lowest BCUT2D eigenvalue weighted by atomic mass is 10.1. The van der Waals surface area contributed by atoms with E-state index in [1.807, 2.05) is 6.08 Å². The van der Waals surface area contributed by atoms with E-state index in [4.69, 9.17) is 4.74 Å². The molecule has 0 aliphatic carbocycles. The molecular formula is C15H30O. The second-order valence-electron chi connectivity index (χ2n) is 4.70. The smallest absolute Gasteiger partial charge is 0.0648 e. The molecule has 1 nitrogen and oxygen atoms in total. The normalized spacial score (nSPS) is 12.6. The van der Waals surface area contributed by atoms with Crippen molar-refractivity contribution >= 4 is 0 Å². The summed E-state index contributed by atoms with van der Waals surface area (Å²) in [6, 6.07) is 0. The molecule has 0 N–H and O–H groups in total. The van der Waals surface area contributed by atoms with Crippen LogP contribution in [-0.2, 0) is 4.74 Å². The van der Waals surface area contributed by atoms with Gasteiger partial charge in [0.05, 0.1) is 12.7 Å². The lowest BCUT2D eigenvalue weighted by Crippen LogP contribution is -2.07. The molecule has 0 aromatic rings. The van der Waals surface area contributed by atoms with Gasteiger partial charge in [0.15, 0.2) is 0 Å². The van der Waals surface area contributed by atoms with Crippen LogP contribution in [0.25, 0.3) is 0 Å². The zero-order valence-electron chi connectivity index (χ0n) is 11.3. The van der Waals surface area contributed by atoms with E-state index in [2.05, 4.69) is 20.4 Å². The predicted octanol–water partition coefficient (Wildman–Crippen LogP) is 5.11. The van der Waals surface area contributed by atoms with Gasteiger partial charge >= 0.3 is 0 Å². The van der Waals surface area contributed by atoms with Gasteiger partial charge in [0, 0.05) is 0 Å². The van der Waals surface area contributed by atoms with Gasteiger partial charge in [0.2, 0.25) is 0 Å². The van der Waals surface area contributed by atoms with Crippen LogP contribution in [0.1, 0.15) is 71.6 Å². The molecule has 1 heteroatoms. The molecular weight excluding hydrogens is 196 g/mol. The van der Waals surface area contributed by atoms with Crippen LogP contribution in [0.4, 0.5) is 0 Å². The fraction of sp³-hybridized carbons (Fsp3) is 0.867. The third-order valence-corrected chi connectivity index (χ3v) is 2.96. The Bertz CT molecular complexity index is 142. The molecule has 0 amide bonds. The maximum Gasteiger partial charge on any atom is 0.0648 e. The predicted molar refractivity (Wildman–Crippen MR) is 72.8 cm³/mol. The largest absolute Gasteiger partial charge is 0.374 e. The van der Waals surface area contributed by atoms with Crippen LogP contribution >= 0.6 is 0 Å². The molecule has 0 rings (SSSR count). The monoisotopic (exact) mass is 226 g/mol. The van der Waals surface area contributed by atoms with Crippen molar-refractivity contribution in [2.24, 2.45) is 0 Å². The van der Waals surface area contributed by atoms with E-state index < -0.39 is 0 Å². The van der Waals surface area contributed by atoms with Gasteiger partial charge in [-0.2, -0.15) is 0 Å². The summed E-state index contributed by atoms with van der Waals surface area (Å²) in [7, 11) is 0. The van der Waals surface area contributed by atoms with Gasteiger partial charge < -0.3 is 4.74 Å². The second kappa shape index (κ2) is 12.8. The number of hydrogen-bond donors (Lipinski definition) is 0. The molecule has 0 aliphatic heterocycles. The third-order valence-electron chi connectivity index (χ3n) is 2.96. The first-order chi connectivity index (χ1) is 7.81. The molecule has 1 unspecified atom stereocenters. The lowest BCUT2D eigenvalue weighted by molar-refractivity contribution is 0.0799. The van der Waals surface area contributed by atoms with E-state index in [1.54, 1.807) is 0 Å². The van der Waals surface area contributed by atoms with Crippen LogP contribution in [0, 0.1) is 0 Å². The first-order valence-corrected chi connectivity index (χ1v) is 7.03. The van der Waals surface area contributed by atoms with E-state index in [9.17, 15) is 0 Å². The molecule has 0 bridgehead atoms. The van der Waals surface area contributed by atoms with E-state index in [0.717, 1.165) is 0 Å². The van der Waals surface area contributed by atoms with Crippen LogP contribution in [-0.4, -0.2) is 12.7 Å². The Morgan fingerprint density at radius 2 is 1.56 bits per heavy atom. The van der Waals surface area contributed by atoms with E-state index >= 15 is 0 Å². The number of unbranched alkanes of at least 4 members (excludes halogenated alkanes) is 7. The van der Waals surface area contributed by atoms with Gasteiger partial charge in [-0.25, -0.2) is 0 Å². The number of rotatable bonds is 12. The molecule has 0 spiro atoms. The van der Waals surface area contributed by atoms with E-state index in [0.29, 0.717) is 12.7 Å². The van der Waals surface area contributed by atoms with E-state index in [1.165, 1.54) is 57.8 Å². The minimum atomic E-state index is 0.401. The molecule has 0 aromatic carbocycles. The Labute approximate surface area is 102 Å². The van der Waals surface area contributed by atoms with Crippen LogP contribution in [0.15, 0.2) is 12.7 Å². The van der Waals surface area contributed by atoms with Gasteiger partial charge in [-0.15, -0.1) is 6.58 Å². The minimum Gasteiger partial charge on any atom is -0.374 e. The van der Waals surface area contributed by atoms with Gasteiger partial charge in [-0.05, 0) is 13.3 Å². The molecule has 0 fully saturated rings. The van der Waals surface area contributed by atoms with Crippen LogP contribution < -0.4 is 0 Å². The second-order valence-corrected chi connectivity index (χ2v) is 4.70. The fourth-order valence-corrected chi connectivity index (χ4v) is 1.88. The molecule has 16 heavy (non-hydrogen) atoms. The van der Waals surface area contributed by atoms with Crippen molar-refractivity contribution in [1.29, 1.82) is 0 Å². The third kappa shape index (κ3) is 11.8. The van der Waals surface area contributed by atoms with Crippen LogP contribution in [0.3, 0.4) is 0 Å². The first kappa shape index (κ1) is 15.7. The van der Waals surface area contributed by atoms with Crippen molar-refractivity contribution < 1.29 is 4.74 Å². The Balaban J connectivity index is 3.05. The molecule has 0 heterocycles. The Morgan fingerprint density at radius 1 is 1.00 bits per heavy atom. The van der Waals surface area contributed by atoms with Gasteiger partial charge in [0.1, 0.15) is 0 Å². The number of hydrogen-bond acceptors (Lipinski definition) is 1. The van der Waals surface area contributed by atoms with Crippen LogP contribution in [0.5, 0.6) is 0 Å². The summed E-state index contributed by atoms with van der Waals surface area (Å²) in [5, 5.41) is 0. The Hall–Kier alpha value is -0.300. The molecule has 0 aliphatic rings. The summed E-state index contributed by atoms with van der Waals surface area (Å²) in [5.41, 5.74) is 0. The van der Waals surface area contributed by atoms with Gasteiger partial charge in [-0.3, -0.25) is 0 Å². The van der Waals surface area contributed by atoms with Crippen molar-refractivity contribution in [1.82, 2.24) is 0 Å². The Morgan fingerprint density at radius 3 is 2.12 bits per heavy atom. The summed E-state index contributed by atoms with van der Waals surface area (Å²) < 4.78 is 5.53. The summed E-state index contributed by atoms with van der Waals surface area (Å²) in [6.07, 6.45) is 14.5. The van der Waals surface area contributed by atoms with E-state index in [-0.39, 0.29) is 0 Å². The molecule has 0 aromatic heterocycles. The van der Waals surface area contributed by atoms with Crippen molar-refractivity contribution in [3.8, 4) is 0 Å². The summed E-state index contributed by atoms with van der Waals surface area (Å²) in [4.78, 5) is 0. The van der Waals surface area contributed by atoms with Gasteiger partial charge in [-0.1, -0.05) is 64.4 Å². The highest BCUT2D eigenvalue weighted by Crippen LogP contribution is 2.11. The quantitative estimate of drug-likeness (QED) is 0.332. The molecule has 1 atom stereocenters. The zero-order valence-corrected chi connectivity index (χ0v) is 11.3. The lowest BCUT2D eigenvalue weighted by Gasteiger charge is -2.10. The van der Waals surface area contributed by atoms with Gasteiger partial charge in [0.25, 0.3) is 0 Å². The highest BCUT2D eigenvalue weighted by atomic mass is 16.5. The van der Waals surface area contributed by atoms with Crippen molar-refractivity contribution in [3.05, 3.63) is 12.7 Å². The Kier molecular flexibility index (Phi) is 12.5. The maximum atomic E-state index is 5.53. The van der Waals surface area contributed by atoms with Crippen LogP contribution in [0.2, 0.25) is 0 Å². The molecule has 0 saturated heterocycles. The summed E-state index contributed by atoms with van der Waals surface area (Å²) >= 11 is 0. The average Bonchev–Trinajstić information content (AvgIpc) is 2.30. The zero-order chi connectivity index (χ0) is 12.1. The van der Waals surface area contributed by atoms with Crippen molar-refractivity contribution in [2.75, 3.05) is 6.61 Å². The first-order valence-electron chi connectivity index (χ1n) is 7.03. The maximum absolute atomic E-state index is 5.53. The fourth-order valence-electron chi connectivity index (χ4n) is 1.88. The average molecular weight is 226 g/mol. The molecule has 0 saturated carbocycles. The van der Waals surface area contributed by atoms with Crippen molar-refractivity contribution in [2.45, 2.75) is 77.7 Å². The summed E-state index contributed by atoms with van der Waals surface area (Å²) in [5.74, 6) is 0.